The van der Waals surface area contributed by atoms with Gasteiger partial charge in [0.25, 0.3) is 11.6 Å². The average Bonchev–Trinajstić information content (AvgIpc) is 2.84. The van der Waals surface area contributed by atoms with Crippen LogP contribution < -0.4 is 5.32 Å². The summed E-state index contributed by atoms with van der Waals surface area (Å²) in [6.07, 6.45) is 0. The Morgan fingerprint density at radius 2 is 2.08 bits per heavy atom. The molecule has 0 aliphatic heterocycles. The summed E-state index contributed by atoms with van der Waals surface area (Å²) in [7, 11) is 0. The Bertz CT molecular complexity index is 798. The van der Waals surface area contributed by atoms with Crippen LogP contribution in [0, 0.1) is 29.8 Å². The summed E-state index contributed by atoms with van der Waals surface area (Å²) >= 11 is 0. The minimum atomic E-state index is -1.44. The van der Waals surface area contributed by atoms with Crippen LogP contribution in [-0.2, 0) is 5.60 Å². The van der Waals surface area contributed by atoms with Gasteiger partial charge in [-0.25, -0.2) is 4.39 Å². The lowest BCUT2D eigenvalue weighted by atomic mass is 9.96. The monoisotopic (exact) mass is 336 g/mol. The SMILES string of the molecule is Cc1cc([C@@](C)(O)CNC(=O)c2cc(F)ccc2[N+](=O)[O-])c(C)o1. The lowest BCUT2D eigenvalue weighted by Crippen LogP contribution is -2.39. The maximum absolute atomic E-state index is 13.3. The molecule has 24 heavy (non-hydrogen) atoms. The van der Waals surface area contributed by atoms with Gasteiger partial charge in [0.15, 0.2) is 0 Å². The van der Waals surface area contributed by atoms with Gasteiger partial charge < -0.3 is 14.8 Å². The molecule has 1 atom stereocenters. The standard InChI is InChI=1S/C16H17FN2O5/c1-9-6-13(10(2)24-9)16(3,21)8-18-15(20)12-7-11(17)4-5-14(12)19(22)23/h4-7,21H,8H2,1-3H3,(H,18,20)/t16-/m0/s1. The van der Waals surface area contributed by atoms with Gasteiger partial charge in [0.1, 0.15) is 28.5 Å². The summed E-state index contributed by atoms with van der Waals surface area (Å²) in [5, 5.41) is 23.9. The van der Waals surface area contributed by atoms with Gasteiger partial charge in [-0.05, 0) is 39.0 Å². The van der Waals surface area contributed by atoms with Crippen LogP contribution in [0.4, 0.5) is 10.1 Å². The molecular weight excluding hydrogens is 319 g/mol. The van der Waals surface area contributed by atoms with E-state index < -0.39 is 33.5 Å². The van der Waals surface area contributed by atoms with Crippen molar-refractivity contribution in [3.05, 3.63) is 62.8 Å². The van der Waals surface area contributed by atoms with Crippen LogP contribution in [0.25, 0.3) is 0 Å². The number of nitro groups is 1. The smallest absolute Gasteiger partial charge is 0.282 e. The molecule has 0 unspecified atom stereocenters. The maximum atomic E-state index is 13.3. The molecule has 0 aliphatic rings. The van der Waals surface area contributed by atoms with Crippen LogP contribution in [0.15, 0.2) is 28.7 Å². The predicted octanol–water partition coefficient (Wildman–Crippen LogP) is 2.58. The van der Waals surface area contributed by atoms with Gasteiger partial charge in [-0.2, -0.15) is 0 Å². The van der Waals surface area contributed by atoms with Gasteiger partial charge in [-0.3, -0.25) is 14.9 Å². The topological polar surface area (TPSA) is 106 Å². The number of nitrogens with one attached hydrogen (secondary N) is 1. The fourth-order valence-electron chi connectivity index (χ4n) is 2.46. The van der Waals surface area contributed by atoms with Gasteiger partial charge in [0.05, 0.1) is 11.5 Å². The third-order valence-electron chi connectivity index (χ3n) is 3.61. The summed E-state index contributed by atoms with van der Waals surface area (Å²) in [4.78, 5) is 22.4. The molecule has 0 saturated heterocycles. The first-order valence-electron chi connectivity index (χ1n) is 7.14. The molecule has 0 aliphatic carbocycles. The number of halogens is 1. The molecule has 7 nitrogen and oxygen atoms in total. The second-order valence-corrected chi connectivity index (χ2v) is 5.70. The molecular formula is C16H17FN2O5. The zero-order valence-electron chi connectivity index (χ0n) is 13.4. The number of carbonyl (C=O) groups excluding carboxylic acids is 1. The molecule has 0 radical (unpaired) electrons. The third-order valence-corrected chi connectivity index (χ3v) is 3.61. The number of hydrogen-bond acceptors (Lipinski definition) is 5. The Hall–Kier alpha value is -2.74. The Morgan fingerprint density at radius 1 is 1.42 bits per heavy atom. The van der Waals surface area contributed by atoms with Crippen LogP contribution in [0.5, 0.6) is 0 Å². The quantitative estimate of drug-likeness (QED) is 0.645. The van der Waals surface area contributed by atoms with E-state index in [2.05, 4.69) is 5.32 Å². The maximum Gasteiger partial charge on any atom is 0.282 e. The van der Waals surface area contributed by atoms with Gasteiger partial charge in [0, 0.05) is 11.6 Å². The zero-order chi connectivity index (χ0) is 18.1. The average molecular weight is 336 g/mol. The molecule has 0 saturated carbocycles. The number of furan rings is 1. The molecule has 1 aromatic heterocycles. The number of amides is 1. The molecule has 0 fully saturated rings. The Kier molecular flexibility index (Phi) is 4.70. The van der Waals surface area contributed by atoms with Crippen LogP contribution in [-0.4, -0.2) is 22.5 Å². The van der Waals surface area contributed by atoms with Gasteiger partial charge in [0.2, 0.25) is 0 Å². The van der Waals surface area contributed by atoms with E-state index in [1.54, 1.807) is 19.9 Å². The highest BCUT2D eigenvalue weighted by molar-refractivity contribution is 5.98. The van der Waals surface area contributed by atoms with Gasteiger partial charge in [-0.1, -0.05) is 0 Å². The predicted molar refractivity (Wildman–Crippen MR) is 83.1 cm³/mol. The number of carbonyl (C=O) groups is 1. The zero-order valence-corrected chi connectivity index (χ0v) is 13.4. The molecule has 0 spiro atoms. The minimum Gasteiger partial charge on any atom is -0.466 e. The summed E-state index contributed by atoms with van der Waals surface area (Å²) < 4.78 is 18.6. The molecule has 2 rings (SSSR count). The molecule has 1 amide bonds. The summed E-state index contributed by atoms with van der Waals surface area (Å²) in [5.74, 6) is -0.503. The van der Waals surface area contributed by atoms with E-state index in [0.717, 1.165) is 18.2 Å². The Balaban J connectivity index is 2.20. The molecule has 128 valence electrons. The summed E-state index contributed by atoms with van der Waals surface area (Å²) in [6, 6.07) is 4.26. The molecule has 8 heteroatoms. The number of aliphatic hydroxyl groups is 1. The van der Waals surface area contributed by atoms with Crippen molar-refractivity contribution in [2.24, 2.45) is 0 Å². The van der Waals surface area contributed by atoms with Crippen molar-refractivity contribution in [2.75, 3.05) is 6.54 Å². The second-order valence-electron chi connectivity index (χ2n) is 5.70. The van der Waals surface area contributed by atoms with Crippen molar-refractivity contribution < 1.29 is 23.6 Å². The summed E-state index contributed by atoms with van der Waals surface area (Å²) in [5.41, 5.74) is -1.87. The molecule has 2 aromatic rings. The largest absolute Gasteiger partial charge is 0.466 e. The molecule has 1 aromatic carbocycles. The van der Waals surface area contributed by atoms with Crippen LogP contribution in [0.2, 0.25) is 0 Å². The summed E-state index contributed by atoms with van der Waals surface area (Å²) in [6.45, 7) is 4.65. The van der Waals surface area contributed by atoms with Crippen molar-refractivity contribution in [1.82, 2.24) is 5.32 Å². The van der Waals surface area contributed by atoms with E-state index in [-0.39, 0.29) is 6.54 Å². The first-order valence-corrected chi connectivity index (χ1v) is 7.14. The van der Waals surface area contributed by atoms with Gasteiger partial charge in [-0.15, -0.1) is 0 Å². The third kappa shape index (κ3) is 3.60. The second kappa shape index (κ2) is 6.40. The van der Waals surface area contributed by atoms with Crippen molar-refractivity contribution in [3.8, 4) is 0 Å². The van der Waals surface area contributed by atoms with Crippen molar-refractivity contribution in [3.63, 3.8) is 0 Å². The lowest BCUT2D eigenvalue weighted by Gasteiger charge is -2.23. The van der Waals surface area contributed by atoms with Crippen molar-refractivity contribution >= 4 is 11.6 Å². The highest BCUT2D eigenvalue weighted by atomic mass is 19.1. The highest BCUT2D eigenvalue weighted by Gasteiger charge is 2.29. The normalized spacial score (nSPS) is 13.4. The van der Waals surface area contributed by atoms with Crippen molar-refractivity contribution in [2.45, 2.75) is 26.4 Å². The van der Waals surface area contributed by atoms with Crippen LogP contribution in [0.3, 0.4) is 0 Å². The number of aryl methyl sites for hydroxylation is 2. The van der Waals surface area contributed by atoms with E-state index in [0.29, 0.717) is 17.1 Å². The number of rotatable bonds is 5. The van der Waals surface area contributed by atoms with E-state index in [9.17, 15) is 24.4 Å². The highest BCUT2D eigenvalue weighted by Crippen LogP contribution is 2.27. The molecule has 1 heterocycles. The lowest BCUT2D eigenvalue weighted by molar-refractivity contribution is -0.385. The number of nitro benzene ring substituents is 1. The Labute approximate surface area is 137 Å². The molecule has 0 bridgehead atoms. The first kappa shape index (κ1) is 17.6. The van der Waals surface area contributed by atoms with E-state index in [1.807, 2.05) is 0 Å². The first-order chi connectivity index (χ1) is 11.1. The number of benzene rings is 1. The van der Waals surface area contributed by atoms with E-state index in [1.165, 1.54) is 6.92 Å². The van der Waals surface area contributed by atoms with Gasteiger partial charge >= 0.3 is 0 Å². The Morgan fingerprint density at radius 3 is 2.62 bits per heavy atom. The number of nitrogens with zero attached hydrogens (tertiary/aromatic N) is 1. The molecule has 2 N–H and O–H groups in total. The fourth-order valence-corrected chi connectivity index (χ4v) is 2.46. The van der Waals surface area contributed by atoms with E-state index in [4.69, 9.17) is 4.42 Å². The van der Waals surface area contributed by atoms with Crippen molar-refractivity contribution in [1.29, 1.82) is 0 Å². The van der Waals surface area contributed by atoms with E-state index >= 15 is 0 Å². The number of hydrogen-bond donors (Lipinski definition) is 2. The minimum absolute atomic E-state index is 0.223. The fraction of sp³-hybridized carbons (Fsp3) is 0.312. The van der Waals surface area contributed by atoms with Crippen LogP contribution in [0.1, 0.15) is 34.4 Å². The van der Waals surface area contributed by atoms with Crippen LogP contribution >= 0.6 is 0 Å².